The summed E-state index contributed by atoms with van der Waals surface area (Å²) in [5.41, 5.74) is 1.46. The van der Waals surface area contributed by atoms with Crippen molar-refractivity contribution in [3.63, 3.8) is 0 Å². The van der Waals surface area contributed by atoms with Gasteiger partial charge in [-0.05, 0) is 51.8 Å². The second kappa shape index (κ2) is 6.20. The van der Waals surface area contributed by atoms with Gasteiger partial charge in [-0.3, -0.25) is 14.7 Å². The molecule has 1 N–H and O–H groups in total. The zero-order chi connectivity index (χ0) is 15.7. The molecular weight excluding hydrogens is 384 g/mol. The molecule has 3 rings (SSSR count). The summed E-state index contributed by atoms with van der Waals surface area (Å²) in [7, 11) is 0. The van der Waals surface area contributed by atoms with E-state index in [1.807, 2.05) is 0 Å². The zero-order valence-corrected chi connectivity index (χ0v) is 14.3. The summed E-state index contributed by atoms with van der Waals surface area (Å²) in [4.78, 5) is 18.5. The van der Waals surface area contributed by atoms with Gasteiger partial charge in [0.15, 0.2) is 4.32 Å². The van der Waals surface area contributed by atoms with Gasteiger partial charge in [-0.15, -0.1) is 0 Å². The van der Waals surface area contributed by atoms with E-state index < -0.39 is 0 Å². The molecule has 0 aliphatic carbocycles. The summed E-state index contributed by atoms with van der Waals surface area (Å²) in [5.74, 6) is -0.0211. The number of hydrogen-bond donors (Lipinski definition) is 1. The van der Waals surface area contributed by atoms with E-state index in [9.17, 15) is 9.90 Å². The lowest BCUT2D eigenvalue weighted by molar-refractivity contribution is -0.113. The van der Waals surface area contributed by atoms with E-state index in [2.05, 4.69) is 20.9 Å². The van der Waals surface area contributed by atoms with E-state index in [4.69, 9.17) is 12.2 Å². The number of thioether (sulfide) groups is 1. The maximum Gasteiger partial charge on any atom is 0.270 e. The summed E-state index contributed by atoms with van der Waals surface area (Å²) in [5, 5.41) is 9.51. The molecule has 1 aromatic carbocycles. The van der Waals surface area contributed by atoms with E-state index in [1.165, 1.54) is 16.7 Å². The van der Waals surface area contributed by atoms with Gasteiger partial charge in [0.05, 0.1) is 21.3 Å². The number of benzene rings is 1. The number of aromatic nitrogens is 1. The van der Waals surface area contributed by atoms with Crippen LogP contribution in [0.4, 0.5) is 5.69 Å². The van der Waals surface area contributed by atoms with Crippen molar-refractivity contribution in [3.05, 3.63) is 57.7 Å². The molecule has 0 radical (unpaired) electrons. The molecule has 0 bridgehead atoms. The minimum Gasteiger partial charge on any atom is -0.507 e. The number of carbonyl (C=O) groups excluding carboxylic acids is 1. The minimum atomic E-state index is -0.174. The number of thiocarbonyl (C=S) groups is 1. The lowest BCUT2D eigenvalue weighted by Crippen LogP contribution is -2.27. The molecule has 1 aliphatic rings. The van der Waals surface area contributed by atoms with Crippen LogP contribution in [0.2, 0.25) is 0 Å². The van der Waals surface area contributed by atoms with Gasteiger partial charge in [-0.25, -0.2) is 0 Å². The van der Waals surface area contributed by atoms with Crippen molar-refractivity contribution < 1.29 is 9.90 Å². The number of aromatic hydroxyl groups is 1. The molecule has 1 amide bonds. The Bertz CT molecular complexity index is 793. The third-order valence-electron chi connectivity index (χ3n) is 2.97. The highest BCUT2D eigenvalue weighted by Gasteiger charge is 2.33. The fraction of sp³-hybridized carbons (Fsp3) is 0. The molecule has 22 heavy (non-hydrogen) atoms. The molecule has 2 heterocycles. The number of nitrogens with zero attached hydrogens (tertiary/aromatic N) is 2. The first-order valence-corrected chi connectivity index (χ1v) is 8.24. The summed E-state index contributed by atoms with van der Waals surface area (Å²) in [6.45, 7) is 0. The lowest BCUT2D eigenvalue weighted by atomic mass is 10.2. The highest BCUT2D eigenvalue weighted by atomic mass is 79.9. The molecule has 0 unspecified atom stereocenters. The molecular formula is C15H9BrN2O2S2. The molecule has 4 nitrogen and oxygen atoms in total. The first-order valence-electron chi connectivity index (χ1n) is 6.23. The van der Waals surface area contributed by atoms with Gasteiger partial charge in [-0.2, -0.15) is 0 Å². The molecule has 0 spiro atoms. The average molecular weight is 393 g/mol. The van der Waals surface area contributed by atoms with Gasteiger partial charge >= 0.3 is 0 Å². The van der Waals surface area contributed by atoms with Crippen LogP contribution in [0.15, 0.2) is 52.1 Å². The van der Waals surface area contributed by atoms with E-state index in [1.54, 1.807) is 48.8 Å². The number of amides is 1. The third-order valence-corrected chi connectivity index (χ3v) is 4.90. The molecule has 110 valence electrons. The van der Waals surface area contributed by atoms with E-state index in [-0.39, 0.29) is 11.7 Å². The van der Waals surface area contributed by atoms with Crippen molar-refractivity contribution in [1.29, 1.82) is 0 Å². The molecule has 1 saturated heterocycles. The molecule has 1 aliphatic heterocycles. The summed E-state index contributed by atoms with van der Waals surface area (Å²) < 4.78 is 1.05. The standard InChI is InChI=1S/C15H9BrN2O2S2/c16-11-6-9(3-4-12(11)19)7-13-14(20)18(15(21)22-13)10-2-1-5-17-8-10/h1-8,19H/b13-7+. The molecule has 0 atom stereocenters. The van der Waals surface area contributed by atoms with Crippen LogP contribution in [0.1, 0.15) is 5.56 Å². The Hall–Kier alpha value is -1.70. The van der Waals surface area contributed by atoms with Gasteiger partial charge in [0.25, 0.3) is 5.91 Å². The number of carbonyl (C=O) groups is 1. The van der Waals surface area contributed by atoms with Crippen LogP contribution in [0.5, 0.6) is 5.75 Å². The predicted octanol–water partition coefficient (Wildman–Crippen LogP) is 3.96. The minimum absolute atomic E-state index is 0.153. The van der Waals surface area contributed by atoms with Crippen molar-refractivity contribution in [1.82, 2.24) is 4.98 Å². The van der Waals surface area contributed by atoms with Gasteiger partial charge in [0.2, 0.25) is 0 Å². The van der Waals surface area contributed by atoms with Crippen LogP contribution in [-0.2, 0) is 4.79 Å². The van der Waals surface area contributed by atoms with E-state index in [0.29, 0.717) is 19.4 Å². The maximum absolute atomic E-state index is 12.5. The Morgan fingerprint density at radius 1 is 1.36 bits per heavy atom. The molecule has 0 saturated carbocycles. The SMILES string of the molecule is O=C1/C(=C\c2ccc(O)c(Br)c2)SC(=S)N1c1cccnc1. The van der Waals surface area contributed by atoms with E-state index >= 15 is 0 Å². The third kappa shape index (κ3) is 2.92. The second-order valence-corrected chi connectivity index (χ2v) is 6.97. The molecule has 2 aromatic rings. The Morgan fingerprint density at radius 2 is 2.18 bits per heavy atom. The zero-order valence-electron chi connectivity index (χ0n) is 11.1. The number of hydrogen-bond acceptors (Lipinski definition) is 5. The fourth-order valence-electron chi connectivity index (χ4n) is 1.94. The Labute approximate surface area is 145 Å². The van der Waals surface area contributed by atoms with Crippen LogP contribution in [0.3, 0.4) is 0 Å². The van der Waals surface area contributed by atoms with Gasteiger partial charge < -0.3 is 5.11 Å². The summed E-state index contributed by atoms with van der Waals surface area (Å²) >= 11 is 9.79. The monoisotopic (exact) mass is 392 g/mol. The number of rotatable bonds is 2. The molecule has 7 heteroatoms. The van der Waals surface area contributed by atoms with Crippen LogP contribution in [0, 0.1) is 0 Å². The number of phenolic OH excluding ortho intramolecular Hbond substituents is 1. The number of anilines is 1. The Kier molecular flexibility index (Phi) is 4.28. The van der Waals surface area contributed by atoms with Crippen molar-refractivity contribution in [2.24, 2.45) is 0 Å². The Morgan fingerprint density at radius 3 is 2.86 bits per heavy atom. The first kappa shape index (κ1) is 15.2. The van der Waals surface area contributed by atoms with Crippen molar-refractivity contribution in [3.8, 4) is 5.75 Å². The van der Waals surface area contributed by atoms with Gasteiger partial charge in [0.1, 0.15) is 5.75 Å². The largest absolute Gasteiger partial charge is 0.507 e. The van der Waals surface area contributed by atoms with E-state index in [0.717, 1.165) is 5.56 Å². The summed E-state index contributed by atoms with van der Waals surface area (Å²) in [6, 6.07) is 8.59. The highest BCUT2D eigenvalue weighted by Crippen LogP contribution is 2.36. The van der Waals surface area contributed by atoms with Gasteiger partial charge in [-0.1, -0.05) is 30.0 Å². The maximum atomic E-state index is 12.5. The van der Waals surface area contributed by atoms with Crippen molar-refractivity contribution in [2.75, 3.05) is 4.90 Å². The van der Waals surface area contributed by atoms with Crippen LogP contribution in [0.25, 0.3) is 6.08 Å². The van der Waals surface area contributed by atoms with Crippen molar-refractivity contribution in [2.45, 2.75) is 0 Å². The number of halogens is 1. The predicted molar refractivity (Wildman–Crippen MR) is 95.7 cm³/mol. The number of phenols is 1. The molecule has 1 fully saturated rings. The normalized spacial score (nSPS) is 16.6. The van der Waals surface area contributed by atoms with Crippen molar-refractivity contribution >= 4 is 61.9 Å². The lowest BCUT2D eigenvalue weighted by Gasteiger charge is -2.13. The average Bonchev–Trinajstić information content (AvgIpc) is 2.78. The Balaban J connectivity index is 1.93. The smallest absolute Gasteiger partial charge is 0.270 e. The van der Waals surface area contributed by atoms with Crippen LogP contribution >= 0.6 is 39.9 Å². The van der Waals surface area contributed by atoms with Crippen LogP contribution in [-0.4, -0.2) is 20.3 Å². The van der Waals surface area contributed by atoms with Crippen LogP contribution < -0.4 is 4.90 Å². The fourth-order valence-corrected chi connectivity index (χ4v) is 3.64. The topological polar surface area (TPSA) is 53.4 Å². The summed E-state index contributed by atoms with van der Waals surface area (Å²) in [6.07, 6.45) is 5.00. The quantitative estimate of drug-likeness (QED) is 0.619. The second-order valence-electron chi connectivity index (χ2n) is 4.44. The number of pyridine rings is 1. The first-order chi connectivity index (χ1) is 10.6. The van der Waals surface area contributed by atoms with Gasteiger partial charge in [0, 0.05) is 6.20 Å². The highest BCUT2D eigenvalue weighted by molar-refractivity contribution is 9.10. The molecule has 1 aromatic heterocycles.